The van der Waals surface area contributed by atoms with Gasteiger partial charge in [0, 0.05) is 33.1 Å². The van der Waals surface area contributed by atoms with Crippen LogP contribution in [0.3, 0.4) is 0 Å². The molecule has 1 N–H and O–H groups in total. The summed E-state index contributed by atoms with van der Waals surface area (Å²) in [5.41, 5.74) is 2.26. The molecule has 4 rings (SSSR count). The zero-order valence-corrected chi connectivity index (χ0v) is 16.6. The minimum absolute atomic E-state index is 0.183. The van der Waals surface area contributed by atoms with Gasteiger partial charge in [0.15, 0.2) is 5.69 Å². The van der Waals surface area contributed by atoms with Crippen LogP contribution in [0.1, 0.15) is 35.6 Å². The zero-order chi connectivity index (χ0) is 19.5. The van der Waals surface area contributed by atoms with Crippen molar-refractivity contribution >= 4 is 34.5 Å². The molecule has 1 saturated heterocycles. The SMILES string of the molecule is CN(CCCc1nc2ccccc2[nH]1)C(=O)c1nc(N2CCCC2)ncc1Cl. The lowest BCUT2D eigenvalue weighted by atomic mass is 10.2. The third-order valence-corrected chi connectivity index (χ3v) is 5.29. The van der Waals surface area contributed by atoms with Crippen LogP contribution in [0, 0.1) is 0 Å². The number of rotatable bonds is 6. The first kappa shape index (κ1) is 18.7. The summed E-state index contributed by atoms with van der Waals surface area (Å²) in [7, 11) is 1.77. The number of para-hydroxylation sites is 2. The second-order valence-corrected chi connectivity index (χ2v) is 7.50. The molecule has 0 aliphatic carbocycles. The number of benzene rings is 1. The number of halogens is 1. The number of aromatic amines is 1. The quantitative estimate of drug-likeness (QED) is 0.689. The molecule has 0 bridgehead atoms. The van der Waals surface area contributed by atoms with Crippen molar-refractivity contribution in [1.82, 2.24) is 24.8 Å². The molecular formula is C20H23ClN6O. The monoisotopic (exact) mass is 398 g/mol. The smallest absolute Gasteiger partial charge is 0.273 e. The van der Waals surface area contributed by atoms with E-state index in [2.05, 4.69) is 24.8 Å². The first-order chi connectivity index (χ1) is 13.6. The maximum Gasteiger partial charge on any atom is 0.273 e. The molecule has 0 saturated carbocycles. The summed E-state index contributed by atoms with van der Waals surface area (Å²) in [4.78, 5) is 33.2. The van der Waals surface area contributed by atoms with Crippen molar-refractivity contribution in [2.45, 2.75) is 25.7 Å². The largest absolute Gasteiger partial charge is 0.342 e. The van der Waals surface area contributed by atoms with Gasteiger partial charge in [0.1, 0.15) is 5.82 Å². The van der Waals surface area contributed by atoms with Crippen LogP contribution < -0.4 is 4.90 Å². The molecule has 1 aliphatic heterocycles. The molecule has 0 spiro atoms. The highest BCUT2D eigenvalue weighted by atomic mass is 35.5. The van der Waals surface area contributed by atoms with E-state index >= 15 is 0 Å². The number of aromatic nitrogens is 4. The molecule has 2 aromatic heterocycles. The Morgan fingerprint density at radius 2 is 2.04 bits per heavy atom. The topological polar surface area (TPSA) is 78.0 Å². The highest BCUT2D eigenvalue weighted by molar-refractivity contribution is 6.33. The zero-order valence-electron chi connectivity index (χ0n) is 15.9. The molecule has 3 aromatic rings. The molecule has 28 heavy (non-hydrogen) atoms. The summed E-state index contributed by atoms with van der Waals surface area (Å²) in [6, 6.07) is 7.95. The van der Waals surface area contributed by atoms with Crippen LogP contribution in [0.25, 0.3) is 11.0 Å². The maximum absolute atomic E-state index is 12.8. The highest BCUT2D eigenvalue weighted by Gasteiger charge is 2.21. The van der Waals surface area contributed by atoms with E-state index in [-0.39, 0.29) is 16.6 Å². The lowest BCUT2D eigenvalue weighted by Crippen LogP contribution is -2.30. The van der Waals surface area contributed by atoms with E-state index in [0.717, 1.165) is 55.6 Å². The van der Waals surface area contributed by atoms with E-state index in [1.54, 1.807) is 11.9 Å². The molecule has 1 amide bonds. The molecule has 3 heterocycles. The summed E-state index contributed by atoms with van der Waals surface area (Å²) in [5.74, 6) is 1.33. The number of hydrogen-bond acceptors (Lipinski definition) is 5. The Morgan fingerprint density at radius 3 is 2.82 bits per heavy atom. The van der Waals surface area contributed by atoms with Gasteiger partial charge in [-0.1, -0.05) is 23.7 Å². The minimum atomic E-state index is -0.183. The molecule has 0 unspecified atom stereocenters. The standard InChI is InChI=1S/C20H23ClN6O/c1-26(10-6-9-17-23-15-7-2-3-8-16(15)24-17)19(28)18-14(21)13-22-20(25-18)27-11-4-5-12-27/h2-3,7-8,13H,4-6,9-12H2,1H3,(H,23,24). The number of nitrogens with one attached hydrogen (secondary N) is 1. The van der Waals surface area contributed by atoms with Crippen molar-refractivity contribution in [2.24, 2.45) is 0 Å². The number of carbonyl (C=O) groups is 1. The van der Waals surface area contributed by atoms with Gasteiger partial charge in [-0.05, 0) is 31.4 Å². The van der Waals surface area contributed by atoms with E-state index < -0.39 is 0 Å². The van der Waals surface area contributed by atoms with Crippen LogP contribution in [0.15, 0.2) is 30.5 Å². The number of carbonyl (C=O) groups excluding carboxylic acids is 1. The van der Waals surface area contributed by atoms with Crippen molar-refractivity contribution < 1.29 is 4.79 Å². The fourth-order valence-electron chi connectivity index (χ4n) is 3.47. The molecule has 146 valence electrons. The first-order valence-electron chi connectivity index (χ1n) is 9.58. The Hall–Kier alpha value is -2.67. The van der Waals surface area contributed by atoms with Crippen molar-refractivity contribution in [1.29, 1.82) is 0 Å². The number of H-pyrrole nitrogens is 1. The molecule has 1 fully saturated rings. The van der Waals surface area contributed by atoms with E-state index in [9.17, 15) is 4.79 Å². The van der Waals surface area contributed by atoms with E-state index in [1.807, 2.05) is 24.3 Å². The molecule has 8 heteroatoms. The van der Waals surface area contributed by atoms with Crippen LogP contribution in [-0.4, -0.2) is 57.4 Å². The predicted molar refractivity (Wildman–Crippen MR) is 110 cm³/mol. The van der Waals surface area contributed by atoms with Crippen LogP contribution in [-0.2, 0) is 6.42 Å². The van der Waals surface area contributed by atoms with Gasteiger partial charge < -0.3 is 14.8 Å². The van der Waals surface area contributed by atoms with Gasteiger partial charge in [-0.15, -0.1) is 0 Å². The number of amides is 1. The third kappa shape index (κ3) is 3.94. The Balaban J connectivity index is 1.38. The first-order valence-corrected chi connectivity index (χ1v) is 9.96. The van der Waals surface area contributed by atoms with Crippen molar-refractivity contribution in [3.63, 3.8) is 0 Å². The van der Waals surface area contributed by atoms with Gasteiger partial charge in [-0.2, -0.15) is 0 Å². The molecule has 1 aliphatic rings. The predicted octanol–water partition coefficient (Wildman–Crippen LogP) is 3.31. The van der Waals surface area contributed by atoms with E-state index in [1.165, 1.54) is 6.20 Å². The normalized spacial score (nSPS) is 14.0. The van der Waals surface area contributed by atoms with Crippen LogP contribution >= 0.6 is 11.6 Å². The number of nitrogens with zero attached hydrogens (tertiary/aromatic N) is 5. The van der Waals surface area contributed by atoms with Gasteiger partial charge in [-0.25, -0.2) is 15.0 Å². The van der Waals surface area contributed by atoms with Gasteiger partial charge in [0.25, 0.3) is 5.91 Å². The Morgan fingerprint density at radius 1 is 1.25 bits per heavy atom. The van der Waals surface area contributed by atoms with Crippen LogP contribution in [0.5, 0.6) is 0 Å². The number of imidazole rings is 1. The number of anilines is 1. The van der Waals surface area contributed by atoms with Crippen LogP contribution in [0.2, 0.25) is 5.02 Å². The lowest BCUT2D eigenvalue weighted by molar-refractivity contribution is 0.0787. The number of hydrogen-bond donors (Lipinski definition) is 1. The van der Waals surface area contributed by atoms with Crippen molar-refractivity contribution in [3.05, 3.63) is 47.0 Å². The number of fused-ring (bicyclic) bond motifs is 1. The summed E-state index contributed by atoms with van der Waals surface area (Å²) in [6.45, 7) is 2.43. The molecular weight excluding hydrogens is 376 g/mol. The lowest BCUT2D eigenvalue weighted by Gasteiger charge is -2.19. The average Bonchev–Trinajstić information content (AvgIpc) is 3.37. The fraction of sp³-hybridized carbons (Fsp3) is 0.400. The van der Waals surface area contributed by atoms with Crippen molar-refractivity contribution in [3.8, 4) is 0 Å². The van der Waals surface area contributed by atoms with E-state index in [0.29, 0.717) is 12.5 Å². The van der Waals surface area contributed by atoms with Gasteiger partial charge in [0.2, 0.25) is 5.95 Å². The summed E-state index contributed by atoms with van der Waals surface area (Å²) >= 11 is 6.21. The fourth-order valence-corrected chi connectivity index (χ4v) is 3.64. The minimum Gasteiger partial charge on any atom is -0.342 e. The number of aryl methyl sites for hydroxylation is 1. The third-order valence-electron chi connectivity index (χ3n) is 5.02. The Bertz CT molecular complexity index is 949. The summed E-state index contributed by atoms with van der Waals surface area (Å²) in [5, 5.41) is 0.289. The van der Waals surface area contributed by atoms with Gasteiger partial charge in [-0.3, -0.25) is 4.79 Å². The van der Waals surface area contributed by atoms with E-state index in [4.69, 9.17) is 11.6 Å². The van der Waals surface area contributed by atoms with Gasteiger partial charge in [0.05, 0.1) is 22.3 Å². The van der Waals surface area contributed by atoms with Crippen LogP contribution in [0.4, 0.5) is 5.95 Å². The highest BCUT2D eigenvalue weighted by Crippen LogP contribution is 2.21. The molecule has 1 aromatic carbocycles. The second kappa shape index (κ2) is 8.14. The average molecular weight is 399 g/mol. The second-order valence-electron chi connectivity index (χ2n) is 7.09. The van der Waals surface area contributed by atoms with Crippen molar-refractivity contribution in [2.75, 3.05) is 31.6 Å². The Kier molecular flexibility index (Phi) is 5.43. The summed E-state index contributed by atoms with van der Waals surface area (Å²) < 4.78 is 0. The summed E-state index contributed by atoms with van der Waals surface area (Å²) in [6.07, 6.45) is 5.33. The molecule has 0 atom stereocenters. The molecule has 7 nitrogen and oxygen atoms in total. The van der Waals surface area contributed by atoms with Gasteiger partial charge >= 0.3 is 0 Å². The molecule has 0 radical (unpaired) electrons. The maximum atomic E-state index is 12.8. The Labute approximate surface area is 168 Å².